The Balaban J connectivity index is 2.06. The molecule has 1 saturated carbocycles. The number of nitrogens with zero attached hydrogens (tertiary/aromatic N) is 1. The molecule has 0 aromatic carbocycles. The molecule has 5 nitrogen and oxygen atoms in total. The van der Waals surface area contributed by atoms with Crippen LogP contribution in [0, 0.1) is 5.41 Å². The van der Waals surface area contributed by atoms with Crippen LogP contribution in [0.5, 0.6) is 0 Å². The van der Waals surface area contributed by atoms with Crippen molar-refractivity contribution in [3.8, 4) is 0 Å². The molecule has 1 aliphatic heterocycles. The first kappa shape index (κ1) is 13.8. The number of hydrogen-bond acceptors (Lipinski definition) is 4. The maximum absolute atomic E-state index is 12.7. The first-order valence-electron chi connectivity index (χ1n) is 6.72. The largest absolute Gasteiger partial charge is 0.377 e. The highest BCUT2D eigenvalue weighted by Gasteiger charge is 2.46. The summed E-state index contributed by atoms with van der Waals surface area (Å²) in [5.41, 5.74) is 5.54. The number of methoxy groups -OCH3 is 2. The van der Waals surface area contributed by atoms with Gasteiger partial charge in [-0.05, 0) is 12.8 Å². The van der Waals surface area contributed by atoms with Crippen LogP contribution in [0.25, 0.3) is 0 Å². The van der Waals surface area contributed by atoms with E-state index >= 15 is 0 Å². The molecule has 2 fully saturated rings. The van der Waals surface area contributed by atoms with E-state index in [1.165, 1.54) is 0 Å². The molecule has 0 bridgehead atoms. The lowest BCUT2D eigenvalue weighted by Gasteiger charge is -2.31. The topological polar surface area (TPSA) is 64.8 Å². The van der Waals surface area contributed by atoms with Crippen LogP contribution in [0.4, 0.5) is 0 Å². The third-order valence-electron chi connectivity index (χ3n) is 4.51. The summed E-state index contributed by atoms with van der Waals surface area (Å²) in [6, 6.07) is 0. The summed E-state index contributed by atoms with van der Waals surface area (Å²) in [4.78, 5) is 14.5. The van der Waals surface area contributed by atoms with Gasteiger partial charge in [-0.1, -0.05) is 12.8 Å². The predicted molar refractivity (Wildman–Crippen MR) is 68.1 cm³/mol. The minimum Gasteiger partial charge on any atom is -0.377 e. The monoisotopic (exact) mass is 256 g/mol. The van der Waals surface area contributed by atoms with E-state index in [0.717, 1.165) is 25.7 Å². The minimum atomic E-state index is -0.319. The number of likely N-dealkylation sites (tertiary alicyclic amines) is 1. The van der Waals surface area contributed by atoms with E-state index in [-0.39, 0.29) is 23.5 Å². The van der Waals surface area contributed by atoms with Crippen molar-refractivity contribution in [3.63, 3.8) is 0 Å². The third-order valence-corrected chi connectivity index (χ3v) is 4.51. The van der Waals surface area contributed by atoms with Gasteiger partial charge in [-0.15, -0.1) is 0 Å². The molecule has 2 atom stereocenters. The fraction of sp³-hybridized carbons (Fsp3) is 0.923. The van der Waals surface area contributed by atoms with Gasteiger partial charge in [0.25, 0.3) is 0 Å². The van der Waals surface area contributed by atoms with E-state index in [9.17, 15) is 4.79 Å². The third kappa shape index (κ3) is 2.27. The molecule has 1 amide bonds. The number of hydrogen-bond donors (Lipinski definition) is 1. The Labute approximate surface area is 109 Å². The van der Waals surface area contributed by atoms with Gasteiger partial charge < -0.3 is 20.1 Å². The second-order valence-corrected chi connectivity index (χ2v) is 5.45. The standard InChI is InChI=1S/C13H24N2O3/c1-17-10-7-15(8-11(10)18-2)12(16)13(9-14)5-3-4-6-13/h10-11H,3-9,14H2,1-2H3. The summed E-state index contributed by atoms with van der Waals surface area (Å²) in [5, 5.41) is 0. The smallest absolute Gasteiger partial charge is 0.230 e. The summed E-state index contributed by atoms with van der Waals surface area (Å²) in [6.07, 6.45) is 4.03. The zero-order valence-electron chi connectivity index (χ0n) is 11.4. The van der Waals surface area contributed by atoms with E-state index in [2.05, 4.69) is 0 Å². The molecule has 18 heavy (non-hydrogen) atoms. The van der Waals surface area contributed by atoms with E-state index in [0.29, 0.717) is 19.6 Å². The second kappa shape index (κ2) is 5.55. The van der Waals surface area contributed by atoms with Crippen molar-refractivity contribution < 1.29 is 14.3 Å². The highest BCUT2D eigenvalue weighted by atomic mass is 16.5. The Kier molecular flexibility index (Phi) is 4.25. The lowest BCUT2D eigenvalue weighted by atomic mass is 9.85. The van der Waals surface area contributed by atoms with Crippen LogP contribution in [0.3, 0.4) is 0 Å². The highest BCUT2D eigenvalue weighted by Crippen LogP contribution is 2.39. The highest BCUT2D eigenvalue weighted by molar-refractivity contribution is 5.83. The molecule has 0 aromatic heterocycles. The maximum Gasteiger partial charge on any atom is 0.230 e. The molecule has 1 aliphatic carbocycles. The Morgan fingerprint density at radius 3 is 2.11 bits per heavy atom. The Morgan fingerprint density at radius 2 is 1.72 bits per heavy atom. The molecule has 104 valence electrons. The van der Waals surface area contributed by atoms with Gasteiger partial charge >= 0.3 is 0 Å². The zero-order chi connectivity index (χ0) is 13.2. The average molecular weight is 256 g/mol. The van der Waals surface area contributed by atoms with Crippen LogP contribution in [-0.2, 0) is 14.3 Å². The van der Waals surface area contributed by atoms with Gasteiger partial charge in [0, 0.05) is 33.9 Å². The normalized spacial score (nSPS) is 30.9. The average Bonchev–Trinajstić information content (AvgIpc) is 3.04. The molecule has 2 aliphatic rings. The van der Waals surface area contributed by atoms with E-state index in [1.54, 1.807) is 14.2 Å². The Hall–Kier alpha value is -0.650. The maximum atomic E-state index is 12.7. The van der Waals surface area contributed by atoms with Crippen molar-refractivity contribution in [2.75, 3.05) is 33.9 Å². The number of amides is 1. The first-order valence-corrected chi connectivity index (χ1v) is 6.72. The van der Waals surface area contributed by atoms with E-state index in [1.807, 2.05) is 4.90 Å². The second-order valence-electron chi connectivity index (χ2n) is 5.45. The summed E-state index contributed by atoms with van der Waals surface area (Å²) >= 11 is 0. The van der Waals surface area contributed by atoms with Crippen molar-refractivity contribution in [1.82, 2.24) is 4.90 Å². The number of ether oxygens (including phenoxy) is 2. The SMILES string of the molecule is COC1CN(C(=O)C2(CN)CCCC2)CC1OC. The quantitative estimate of drug-likeness (QED) is 0.789. The molecule has 1 saturated heterocycles. The molecule has 1 heterocycles. The molecule has 5 heteroatoms. The van der Waals surface area contributed by atoms with Gasteiger partial charge in [0.15, 0.2) is 0 Å². The molecule has 0 radical (unpaired) electrons. The van der Waals surface area contributed by atoms with Gasteiger partial charge in [-0.2, -0.15) is 0 Å². The summed E-state index contributed by atoms with van der Waals surface area (Å²) in [7, 11) is 3.33. The number of carbonyl (C=O) groups excluding carboxylic acids is 1. The van der Waals surface area contributed by atoms with E-state index < -0.39 is 0 Å². The van der Waals surface area contributed by atoms with Crippen molar-refractivity contribution >= 4 is 5.91 Å². The summed E-state index contributed by atoms with van der Waals surface area (Å²) < 4.78 is 10.7. The van der Waals surface area contributed by atoms with Crippen LogP contribution in [0.2, 0.25) is 0 Å². The number of nitrogens with two attached hydrogens (primary N) is 1. The van der Waals surface area contributed by atoms with Gasteiger partial charge in [0.1, 0.15) is 12.2 Å². The molecule has 0 spiro atoms. The predicted octanol–water partition coefficient (Wildman–Crippen LogP) is 0.378. The number of rotatable bonds is 4. The van der Waals surface area contributed by atoms with Crippen LogP contribution >= 0.6 is 0 Å². The zero-order valence-corrected chi connectivity index (χ0v) is 11.4. The van der Waals surface area contributed by atoms with Crippen molar-refractivity contribution in [2.24, 2.45) is 11.1 Å². The van der Waals surface area contributed by atoms with Gasteiger partial charge in [0.05, 0.1) is 5.41 Å². The summed E-state index contributed by atoms with van der Waals surface area (Å²) in [5.74, 6) is 0.198. The fourth-order valence-corrected chi connectivity index (χ4v) is 3.26. The van der Waals surface area contributed by atoms with Crippen molar-refractivity contribution in [2.45, 2.75) is 37.9 Å². The Morgan fingerprint density at radius 1 is 1.22 bits per heavy atom. The van der Waals surface area contributed by atoms with Crippen molar-refractivity contribution in [3.05, 3.63) is 0 Å². The molecule has 2 rings (SSSR count). The molecule has 0 aromatic rings. The lowest BCUT2D eigenvalue weighted by molar-refractivity contribution is -0.140. The lowest BCUT2D eigenvalue weighted by Crippen LogP contribution is -2.46. The fourth-order valence-electron chi connectivity index (χ4n) is 3.26. The minimum absolute atomic E-state index is 0.0184. The summed E-state index contributed by atoms with van der Waals surface area (Å²) in [6.45, 7) is 1.70. The molecular formula is C13H24N2O3. The molecule has 2 N–H and O–H groups in total. The molecular weight excluding hydrogens is 232 g/mol. The van der Waals surface area contributed by atoms with Crippen LogP contribution in [0.15, 0.2) is 0 Å². The van der Waals surface area contributed by atoms with Gasteiger partial charge in [-0.25, -0.2) is 0 Å². The Bertz CT molecular complexity index is 291. The van der Waals surface area contributed by atoms with Crippen LogP contribution in [0.1, 0.15) is 25.7 Å². The van der Waals surface area contributed by atoms with Crippen LogP contribution in [-0.4, -0.2) is 56.9 Å². The van der Waals surface area contributed by atoms with Crippen LogP contribution < -0.4 is 5.73 Å². The molecule has 2 unspecified atom stereocenters. The number of carbonyl (C=O) groups is 1. The van der Waals surface area contributed by atoms with Gasteiger partial charge in [0.2, 0.25) is 5.91 Å². The van der Waals surface area contributed by atoms with Crippen molar-refractivity contribution in [1.29, 1.82) is 0 Å². The van der Waals surface area contributed by atoms with E-state index in [4.69, 9.17) is 15.2 Å². The first-order chi connectivity index (χ1) is 8.66. The van der Waals surface area contributed by atoms with Gasteiger partial charge in [-0.3, -0.25) is 4.79 Å².